The zero-order valence-electron chi connectivity index (χ0n) is 9.67. The third-order valence-electron chi connectivity index (χ3n) is 3.22. The number of rotatable bonds is 3. The van der Waals surface area contributed by atoms with Crippen molar-refractivity contribution < 1.29 is 9.94 Å². The molecule has 1 N–H and O–H groups in total. The molecule has 1 aliphatic rings. The van der Waals surface area contributed by atoms with E-state index in [-0.39, 0.29) is 0 Å². The Labute approximate surface area is 96.6 Å². The number of nitrogens with zero attached hydrogens (tertiary/aromatic N) is 1. The molecule has 1 saturated carbocycles. The van der Waals surface area contributed by atoms with Gasteiger partial charge in [0, 0.05) is 13.1 Å². The van der Waals surface area contributed by atoms with E-state index in [1.165, 1.54) is 5.06 Å². The number of benzene rings is 1. The molecule has 0 saturated heterocycles. The molecule has 2 rings (SSSR count). The van der Waals surface area contributed by atoms with E-state index >= 15 is 0 Å². The van der Waals surface area contributed by atoms with Gasteiger partial charge in [-0.25, -0.2) is 0 Å². The second-order valence-corrected chi connectivity index (χ2v) is 4.44. The molecule has 1 aromatic carbocycles. The molecule has 0 spiro atoms. The fraction of sp³-hybridized carbons (Fsp3) is 0.538. The lowest BCUT2D eigenvalue weighted by Gasteiger charge is -2.31. The summed E-state index contributed by atoms with van der Waals surface area (Å²) in [5.74, 6) is 0.948. The lowest BCUT2D eigenvalue weighted by atomic mass is 9.93. The number of hydrogen-bond donors (Lipinski definition) is 1. The molecule has 1 fully saturated rings. The highest BCUT2D eigenvalue weighted by Gasteiger charge is 2.24. The van der Waals surface area contributed by atoms with E-state index in [1.54, 1.807) is 7.05 Å². The zero-order valence-corrected chi connectivity index (χ0v) is 9.67. The van der Waals surface area contributed by atoms with Crippen LogP contribution in [0.5, 0.6) is 5.75 Å². The Hall–Kier alpha value is -1.06. The molecule has 88 valence electrons. The Balaban J connectivity index is 1.82. The first-order chi connectivity index (χ1) is 7.75. The first-order valence-corrected chi connectivity index (χ1v) is 5.89. The Kier molecular flexibility index (Phi) is 3.80. The van der Waals surface area contributed by atoms with Crippen LogP contribution in [0, 0.1) is 0 Å². The van der Waals surface area contributed by atoms with Crippen LogP contribution in [0.1, 0.15) is 25.7 Å². The first kappa shape index (κ1) is 11.4. The minimum atomic E-state index is 0.302. The second-order valence-electron chi connectivity index (χ2n) is 4.44. The molecule has 0 aromatic heterocycles. The van der Waals surface area contributed by atoms with Gasteiger partial charge in [-0.3, -0.25) is 0 Å². The first-order valence-electron chi connectivity index (χ1n) is 5.89. The van der Waals surface area contributed by atoms with Crippen molar-refractivity contribution in [2.24, 2.45) is 0 Å². The summed E-state index contributed by atoms with van der Waals surface area (Å²) >= 11 is 0. The smallest absolute Gasteiger partial charge is 0.119 e. The second kappa shape index (κ2) is 5.32. The molecule has 3 heteroatoms. The Morgan fingerprint density at radius 1 is 1.12 bits per heavy atom. The summed E-state index contributed by atoms with van der Waals surface area (Å²) < 4.78 is 5.88. The van der Waals surface area contributed by atoms with E-state index in [4.69, 9.17) is 4.74 Å². The summed E-state index contributed by atoms with van der Waals surface area (Å²) in [4.78, 5) is 0. The quantitative estimate of drug-likeness (QED) is 0.796. The van der Waals surface area contributed by atoms with E-state index in [0.29, 0.717) is 12.1 Å². The van der Waals surface area contributed by atoms with Crippen molar-refractivity contribution in [2.75, 3.05) is 7.05 Å². The largest absolute Gasteiger partial charge is 0.490 e. The predicted octanol–water partition coefficient (Wildman–Crippen LogP) is 2.70. The van der Waals surface area contributed by atoms with Gasteiger partial charge in [-0.15, -0.1) is 0 Å². The van der Waals surface area contributed by atoms with E-state index in [2.05, 4.69) is 0 Å². The maximum Gasteiger partial charge on any atom is 0.119 e. The Morgan fingerprint density at radius 3 is 2.31 bits per heavy atom. The molecular formula is C13H19NO2. The molecule has 16 heavy (non-hydrogen) atoms. The third-order valence-corrected chi connectivity index (χ3v) is 3.22. The number of ether oxygens (including phenoxy) is 1. The monoisotopic (exact) mass is 221 g/mol. The molecule has 1 aliphatic carbocycles. The summed E-state index contributed by atoms with van der Waals surface area (Å²) in [5.41, 5.74) is 0. The maximum absolute atomic E-state index is 9.35. The molecule has 0 atom stereocenters. The molecule has 0 amide bonds. The molecular weight excluding hydrogens is 202 g/mol. The highest BCUT2D eigenvalue weighted by Crippen LogP contribution is 2.25. The average molecular weight is 221 g/mol. The van der Waals surface area contributed by atoms with Gasteiger partial charge in [0.1, 0.15) is 5.75 Å². The minimum absolute atomic E-state index is 0.302. The van der Waals surface area contributed by atoms with Crippen LogP contribution in [0.15, 0.2) is 30.3 Å². The highest BCUT2D eigenvalue weighted by atomic mass is 16.5. The molecule has 0 bridgehead atoms. The fourth-order valence-corrected chi connectivity index (χ4v) is 2.23. The molecule has 3 nitrogen and oxygen atoms in total. The van der Waals surface area contributed by atoms with Crippen LogP contribution in [0.2, 0.25) is 0 Å². The van der Waals surface area contributed by atoms with E-state index in [1.807, 2.05) is 30.3 Å². The molecule has 0 unspecified atom stereocenters. The molecule has 1 aromatic rings. The van der Waals surface area contributed by atoms with Crippen molar-refractivity contribution >= 4 is 0 Å². The van der Waals surface area contributed by atoms with Crippen molar-refractivity contribution in [2.45, 2.75) is 37.8 Å². The van der Waals surface area contributed by atoms with Crippen molar-refractivity contribution in [3.05, 3.63) is 30.3 Å². The van der Waals surface area contributed by atoms with Crippen LogP contribution in [-0.4, -0.2) is 29.5 Å². The van der Waals surface area contributed by atoms with Gasteiger partial charge in [-0.2, -0.15) is 5.06 Å². The van der Waals surface area contributed by atoms with Gasteiger partial charge in [0.25, 0.3) is 0 Å². The Bertz CT molecular complexity index is 305. The minimum Gasteiger partial charge on any atom is -0.490 e. The van der Waals surface area contributed by atoms with Crippen LogP contribution in [0.25, 0.3) is 0 Å². The molecule has 0 aliphatic heterocycles. The normalized spacial score (nSPS) is 25.7. The topological polar surface area (TPSA) is 32.7 Å². The van der Waals surface area contributed by atoms with Gasteiger partial charge in [-0.05, 0) is 37.8 Å². The van der Waals surface area contributed by atoms with Gasteiger partial charge in [0.2, 0.25) is 0 Å². The standard InChI is InChI=1S/C13H19NO2/c1-14(15)11-7-9-13(10-8-11)16-12-5-3-2-4-6-12/h2-6,11,13,15H,7-10H2,1H3. The summed E-state index contributed by atoms with van der Waals surface area (Å²) in [7, 11) is 1.73. The van der Waals surface area contributed by atoms with Crippen LogP contribution < -0.4 is 4.74 Å². The SMILES string of the molecule is CN(O)C1CCC(Oc2ccccc2)CC1. The van der Waals surface area contributed by atoms with Gasteiger partial charge >= 0.3 is 0 Å². The number of para-hydroxylation sites is 1. The molecule has 0 radical (unpaired) electrons. The molecule has 0 heterocycles. The van der Waals surface area contributed by atoms with Crippen molar-refractivity contribution in [1.29, 1.82) is 0 Å². The van der Waals surface area contributed by atoms with Crippen molar-refractivity contribution in [1.82, 2.24) is 5.06 Å². The fourth-order valence-electron chi connectivity index (χ4n) is 2.23. The number of hydrogen-bond acceptors (Lipinski definition) is 3. The average Bonchev–Trinajstić information content (AvgIpc) is 2.31. The van der Waals surface area contributed by atoms with Gasteiger partial charge in [0.15, 0.2) is 0 Å². The van der Waals surface area contributed by atoms with E-state index in [0.717, 1.165) is 31.4 Å². The third kappa shape index (κ3) is 2.97. The van der Waals surface area contributed by atoms with Crippen LogP contribution in [-0.2, 0) is 0 Å². The van der Waals surface area contributed by atoms with E-state index < -0.39 is 0 Å². The van der Waals surface area contributed by atoms with Gasteiger partial charge in [0.05, 0.1) is 6.10 Å². The van der Waals surface area contributed by atoms with Crippen molar-refractivity contribution in [3.8, 4) is 5.75 Å². The van der Waals surface area contributed by atoms with Crippen LogP contribution >= 0.6 is 0 Å². The van der Waals surface area contributed by atoms with Gasteiger partial charge < -0.3 is 9.94 Å². The highest BCUT2D eigenvalue weighted by molar-refractivity contribution is 5.21. The van der Waals surface area contributed by atoms with E-state index in [9.17, 15) is 5.21 Å². The summed E-state index contributed by atoms with van der Waals surface area (Å²) in [6.45, 7) is 0. The lowest BCUT2D eigenvalue weighted by Crippen LogP contribution is -2.35. The Morgan fingerprint density at radius 2 is 1.75 bits per heavy atom. The van der Waals surface area contributed by atoms with Crippen molar-refractivity contribution in [3.63, 3.8) is 0 Å². The summed E-state index contributed by atoms with van der Waals surface area (Å²) in [6.07, 6.45) is 4.35. The van der Waals surface area contributed by atoms with Gasteiger partial charge in [-0.1, -0.05) is 18.2 Å². The lowest BCUT2D eigenvalue weighted by molar-refractivity contribution is -0.116. The van der Waals surface area contributed by atoms with Crippen LogP contribution in [0.3, 0.4) is 0 Å². The number of hydroxylamine groups is 2. The predicted molar refractivity (Wildman–Crippen MR) is 62.7 cm³/mol. The van der Waals surface area contributed by atoms with Crippen LogP contribution in [0.4, 0.5) is 0 Å². The zero-order chi connectivity index (χ0) is 11.4. The summed E-state index contributed by atoms with van der Waals surface area (Å²) in [5, 5.41) is 10.7. The summed E-state index contributed by atoms with van der Waals surface area (Å²) in [6, 6.07) is 10.2. The maximum atomic E-state index is 9.35.